The first-order valence-corrected chi connectivity index (χ1v) is 14.3. The summed E-state index contributed by atoms with van der Waals surface area (Å²) < 4.78 is 1.86. The highest BCUT2D eigenvalue weighted by molar-refractivity contribution is 6.13. The number of aromatic nitrogens is 2. The van der Waals surface area contributed by atoms with E-state index in [0.29, 0.717) is 11.4 Å². The first-order chi connectivity index (χ1) is 19.6. The second-order valence-corrected chi connectivity index (χ2v) is 12.0. The monoisotopic (exact) mass is 554 g/mol. The van der Waals surface area contributed by atoms with Crippen LogP contribution in [0.4, 0.5) is 16.2 Å². The number of Topliss-reactive ketones (excluding diaryl/α,β-unsaturated/α-hetero) is 1. The minimum Gasteiger partial charge on any atom is -0.340 e. The molecule has 1 saturated carbocycles. The van der Waals surface area contributed by atoms with Crippen LogP contribution in [0.3, 0.4) is 0 Å². The van der Waals surface area contributed by atoms with Crippen molar-refractivity contribution in [1.82, 2.24) is 14.6 Å². The number of fused-ring (bicyclic) bond motifs is 1. The molecule has 1 aromatic heterocycles. The van der Waals surface area contributed by atoms with Gasteiger partial charge in [-0.05, 0) is 31.0 Å². The Kier molecular flexibility index (Phi) is 8.06. The zero-order valence-corrected chi connectivity index (χ0v) is 24.3. The van der Waals surface area contributed by atoms with Crippen molar-refractivity contribution < 1.29 is 14.4 Å². The van der Waals surface area contributed by atoms with Crippen LogP contribution in [0.25, 0.3) is 11.3 Å². The van der Waals surface area contributed by atoms with E-state index in [0.717, 1.165) is 48.2 Å². The maximum Gasteiger partial charge on any atom is 0.345 e. The average molecular weight is 555 g/mol. The van der Waals surface area contributed by atoms with E-state index in [9.17, 15) is 14.4 Å². The van der Waals surface area contributed by atoms with Gasteiger partial charge in [-0.15, -0.1) is 0 Å². The standard InChI is InChI=1S/C32H38N6O3/c1-32(2,3)28(39)19-37-27-16-9-8-15-25(27)30(22-11-6-5-7-12-22)35-38(31(37)41)20-29(40)34-24-14-10-13-23(17-24)26-18-36(4)21-33-26/h8-10,13-18,21-22H,5-7,11-12,19-20H2,1-4H3,(H,34,40). The first kappa shape index (κ1) is 28.3. The van der Waals surface area contributed by atoms with Gasteiger partial charge in [-0.2, -0.15) is 5.10 Å². The van der Waals surface area contributed by atoms with Crippen LogP contribution >= 0.6 is 0 Å². The molecule has 0 unspecified atom stereocenters. The number of urea groups is 1. The molecule has 9 heteroatoms. The summed E-state index contributed by atoms with van der Waals surface area (Å²) >= 11 is 0. The molecular weight excluding hydrogens is 516 g/mol. The summed E-state index contributed by atoms with van der Waals surface area (Å²) in [6, 6.07) is 14.6. The summed E-state index contributed by atoms with van der Waals surface area (Å²) in [5, 5.41) is 9.02. The molecule has 3 aromatic rings. The largest absolute Gasteiger partial charge is 0.345 e. The normalized spacial score (nSPS) is 16.2. The van der Waals surface area contributed by atoms with E-state index in [-0.39, 0.29) is 30.7 Å². The summed E-state index contributed by atoms with van der Waals surface area (Å²) in [7, 11) is 1.90. The Hall–Kier alpha value is -4.27. The minimum absolute atomic E-state index is 0.0718. The Morgan fingerprint density at radius 3 is 2.46 bits per heavy atom. The van der Waals surface area contributed by atoms with E-state index in [1.807, 2.05) is 81.0 Å². The molecule has 3 amide bonds. The van der Waals surface area contributed by atoms with Gasteiger partial charge >= 0.3 is 6.03 Å². The highest BCUT2D eigenvalue weighted by Gasteiger charge is 2.36. The van der Waals surface area contributed by atoms with Gasteiger partial charge in [-0.25, -0.2) is 14.8 Å². The number of amides is 3. The molecule has 0 bridgehead atoms. The molecule has 2 aromatic carbocycles. The topological polar surface area (TPSA) is 99.9 Å². The lowest BCUT2D eigenvalue weighted by atomic mass is 9.83. The number of hydrogen-bond donors (Lipinski definition) is 1. The molecule has 1 aliphatic carbocycles. The Morgan fingerprint density at radius 2 is 1.76 bits per heavy atom. The number of carbonyl (C=O) groups excluding carboxylic acids is 3. The minimum atomic E-state index is -0.630. The van der Waals surface area contributed by atoms with Crippen LogP contribution in [0.1, 0.15) is 58.4 Å². The predicted octanol–water partition coefficient (Wildman–Crippen LogP) is 5.87. The van der Waals surface area contributed by atoms with Crippen molar-refractivity contribution in [2.24, 2.45) is 23.5 Å². The van der Waals surface area contributed by atoms with Gasteiger partial charge in [0.1, 0.15) is 6.54 Å². The number of ketones is 1. The van der Waals surface area contributed by atoms with Crippen LogP contribution in [-0.2, 0) is 16.6 Å². The molecule has 0 spiro atoms. The Bertz CT molecular complexity index is 1480. The molecule has 0 atom stereocenters. The van der Waals surface area contributed by atoms with Crippen LogP contribution in [0, 0.1) is 11.3 Å². The van der Waals surface area contributed by atoms with Crippen molar-refractivity contribution in [1.29, 1.82) is 0 Å². The summed E-state index contributed by atoms with van der Waals surface area (Å²) in [4.78, 5) is 46.4. The molecule has 2 aliphatic rings. The van der Waals surface area contributed by atoms with Crippen LogP contribution in [0.5, 0.6) is 0 Å². The smallest absolute Gasteiger partial charge is 0.340 e. The number of rotatable bonds is 7. The summed E-state index contributed by atoms with van der Waals surface area (Å²) in [5.74, 6) is -0.273. The Morgan fingerprint density at radius 1 is 1.00 bits per heavy atom. The van der Waals surface area contributed by atoms with Crippen LogP contribution < -0.4 is 10.2 Å². The zero-order chi connectivity index (χ0) is 29.1. The third kappa shape index (κ3) is 6.39. The van der Waals surface area contributed by atoms with E-state index in [1.54, 1.807) is 12.4 Å². The third-order valence-electron chi connectivity index (χ3n) is 7.72. The maximum absolute atomic E-state index is 14.0. The number of imidazole rings is 1. The molecule has 1 fully saturated rings. The van der Waals surface area contributed by atoms with Crippen molar-refractivity contribution in [2.45, 2.75) is 52.9 Å². The van der Waals surface area contributed by atoms with Gasteiger partial charge in [0.05, 0.1) is 30.0 Å². The van der Waals surface area contributed by atoms with E-state index in [2.05, 4.69) is 10.3 Å². The second kappa shape index (κ2) is 11.7. The number of anilines is 2. The van der Waals surface area contributed by atoms with Crippen LogP contribution in [0.2, 0.25) is 0 Å². The quantitative estimate of drug-likeness (QED) is 0.395. The van der Waals surface area contributed by atoms with Gasteiger partial charge < -0.3 is 9.88 Å². The van der Waals surface area contributed by atoms with E-state index >= 15 is 0 Å². The number of nitrogens with one attached hydrogen (secondary N) is 1. The molecule has 1 aliphatic heterocycles. The zero-order valence-electron chi connectivity index (χ0n) is 24.3. The molecule has 41 heavy (non-hydrogen) atoms. The molecule has 1 N–H and O–H groups in total. The molecular formula is C32H38N6O3. The fourth-order valence-corrected chi connectivity index (χ4v) is 5.36. The SMILES string of the molecule is Cn1cnc(-c2cccc(NC(=O)CN3N=C(C4CCCCC4)c4ccccc4N(CC(=O)C(C)(C)C)C3=O)c2)c1. The highest BCUT2D eigenvalue weighted by atomic mass is 16.2. The van der Waals surface area contributed by atoms with Crippen LogP contribution in [-0.4, -0.2) is 51.1 Å². The fourth-order valence-electron chi connectivity index (χ4n) is 5.36. The summed E-state index contributed by atoms with van der Waals surface area (Å²) in [6.07, 6.45) is 8.95. The highest BCUT2D eigenvalue weighted by Crippen LogP contribution is 2.34. The number of hydrogen-bond acceptors (Lipinski definition) is 5. The van der Waals surface area contributed by atoms with Gasteiger partial charge in [-0.1, -0.05) is 70.4 Å². The molecule has 2 heterocycles. The summed E-state index contributed by atoms with van der Waals surface area (Å²) in [6.45, 7) is 5.15. The van der Waals surface area contributed by atoms with Gasteiger partial charge in [0.15, 0.2) is 5.78 Å². The van der Waals surface area contributed by atoms with Gasteiger partial charge in [0.25, 0.3) is 0 Å². The number of nitrogens with zero attached hydrogens (tertiary/aromatic N) is 5. The Labute approximate surface area is 241 Å². The predicted molar refractivity (Wildman–Crippen MR) is 161 cm³/mol. The summed E-state index contributed by atoms with van der Waals surface area (Å²) in [5.41, 5.74) is 3.95. The van der Waals surface area contributed by atoms with E-state index in [4.69, 9.17) is 5.10 Å². The molecule has 214 valence electrons. The molecule has 0 radical (unpaired) electrons. The lowest BCUT2D eigenvalue weighted by Gasteiger charge is -2.28. The van der Waals surface area contributed by atoms with Crippen molar-refractivity contribution >= 4 is 34.8 Å². The molecule has 0 saturated heterocycles. The number of benzene rings is 2. The number of carbonyl (C=O) groups is 3. The lowest BCUT2D eigenvalue weighted by Crippen LogP contribution is -2.47. The molecule has 9 nitrogen and oxygen atoms in total. The lowest BCUT2D eigenvalue weighted by molar-refractivity contribution is -0.124. The van der Waals surface area contributed by atoms with Crippen molar-refractivity contribution in [3.8, 4) is 11.3 Å². The number of hydrazone groups is 1. The van der Waals surface area contributed by atoms with Crippen molar-refractivity contribution in [2.75, 3.05) is 23.3 Å². The number of aryl methyl sites for hydroxylation is 1. The Balaban J connectivity index is 1.45. The molecule has 5 rings (SSSR count). The third-order valence-corrected chi connectivity index (χ3v) is 7.72. The van der Waals surface area contributed by atoms with E-state index in [1.165, 1.54) is 16.3 Å². The van der Waals surface area contributed by atoms with E-state index < -0.39 is 11.4 Å². The van der Waals surface area contributed by atoms with Crippen molar-refractivity contribution in [3.63, 3.8) is 0 Å². The van der Waals surface area contributed by atoms with Gasteiger partial charge in [0, 0.05) is 41.4 Å². The van der Waals surface area contributed by atoms with Crippen molar-refractivity contribution in [3.05, 3.63) is 66.6 Å². The second-order valence-electron chi connectivity index (χ2n) is 12.0. The maximum atomic E-state index is 14.0. The van der Waals surface area contributed by atoms with Crippen LogP contribution in [0.15, 0.2) is 66.2 Å². The first-order valence-electron chi connectivity index (χ1n) is 14.3. The van der Waals surface area contributed by atoms with Gasteiger partial charge in [-0.3, -0.25) is 14.5 Å². The fraction of sp³-hybridized carbons (Fsp3) is 0.406. The van der Waals surface area contributed by atoms with Gasteiger partial charge in [0.2, 0.25) is 5.91 Å². The number of para-hydroxylation sites is 1. The average Bonchev–Trinajstić information content (AvgIpc) is 3.35.